The number of likely N-dealkylation sites (N-methyl/N-ethyl adjacent to an activating group) is 1. The number of carbonyl (C=O) groups excluding carboxylic acids is 1. The Morgan fingerprint density at radius 3 is 2.93 bits per heavy atom. The molecule has 4 rings (SSSR count). The molecule has 1 saturated carbocycles. The zero-order chi connectivity index (χ0) is 18.8. The maximum Gasteiger partial charge on any atom is 0.227 e. The average molecular weight is 370 g/mol. The Kier molecular flexibility index (Phi) is 5.50. The molecule has 1 aromatic carbocycles. The van der Waals surface area contributed by atoms with Crippen molar-refractivity contribution in [1.82, 2.24) is 9.80 Å². The maximum absolute atomic E-state index is 13.1. The highest BCUT2D eigenvalue weighted by Gasteiger charge is 2.37. The zero-order valence-electron chi connectivity index (χ0n) is 16.1. The second kappa shape index (κ2) is 8.03. The molecule has 2 heterocycles. The molecule has 1 unspecified atom stereocenters. The van der Waals surface area contributed by atoms with Gasteiger partial charge in [-0.05, 0) is 49.4 Å². The van der Waals surface area contributed by atoms with E-state index in [-0.39, 0.29) is 18.6 Å². The first-order valence-electron chi connectivity index (χ1n) is 10.2. The van der Waals surface area contributed by atoms with Crippen LogP contribution in [0.3, 0.4) is 0 Å². The number of amides is 1. The summed E-state index contributed by atoms with van der Waals surface area (Å²) in [4.78, 5) is 17.6. The number of nitrogens with zero attached hydrogens (tertiary/aromatic N) is 2. The highest BCUT2D eigenvalue weighted by Crippen LogP contribution is 2.31. The summed E-state index contributed by atoms with van der Waals surface area (Å²) in [6.07, 6.45) is 7.81. The van der Waals surface area contributed by atoms with Crippen molar-refractivity contribution in [3.05, 3.63) is 36.1 Å². The molecule has 1 aliphatic heterocycles. The van der Waals surface area contributed by atoms with E-state index in [1.807, 2.05) is 36.2 Å². The Bertz CT molecular complexity index is 787. The predicted molar refractivity (Wildman–Crippen MR) is 105 cm³/mol. The van der Waals surface area contributed by atoms with E-state index in [1.165, 1.54) is 12.8 Å². The monoisotopic (exact) mass is 370 g/mol. The molecule has 3 atom stereocenters. The van der Waals surface area contributed by atoms with Gasteiger partial charge in [0.2, 0.25) is 5.91 Å². The zero-order valence-corrected chi connectivity index (χ0v) is 16.1. The van der Waals surface area contributed by atoms with E-state index in [2.05, 4.69) is 4.90 Å². The first kappa shape index (κ1) is 18.5. The predicted octanol–water partition coefficient (Wildman–Crippen LogP) is 3.06. The lowest BCUT2D eigenvalue weighted by Gasteiger charge is -2.42. The molecule has 2 aromatic rings. The van der Waals surface area contributed by atoms with Crippen LogP contribution in [-0.4, -0.2) is 59.6 Å². The van der Waals surface area contributed by atoms with E-state index in [4.69, 9.17) is 4.42 Å². The number of likely N-dealkylation sites (tertiary alicyclic amines) is 1. The lowest BCUT2D eigenvalue weighted by atomic mass is 9.88. The number of carbonyl (C=O) groups is 1. The summed E-state index contributed by atoms with van der Waals surface area (Å²) in [6.45, 7) is 2.29. The maximum atomic E-state index is 13.1. The Labute approximate surface area is 160 Å². The SMILES string of the molecule is CN(C(=O)Cc1cccc2occc12)[C@@H]1CCCC[C@H]1N1CCC(CO)C1. The molecule has 0 bridgehead atoms. The summed E-state index contributed by atoms with van der Waals surface area (Å²) >= 11 is 0. The topological polar surface area (TPSA) is 56.9 Å². The number of hydrogen-bond acceptors (Lipinski definition) is 4. The van der Waals surface area contributed by atoms with Crippen LogP contribution >= 0.6 is 0 Å². The van der Waals surface area contributed by atoms with Crippen molar-refractivity contribution in [2.75, 3.05) is 26.7 Å². The molecule has 1 saturated heterocycles. The van der Waals surface area contributed by atoms with Crippen LogP contribution in [0.25, 0.3) is 11.0 Å². The fourth-order valence-electron chi connectivity index (χ4n) is 4.97. The fraction of sp³-hybridized carbons (Fsp3) is 0.591. The van der Waals surface area contributed by atoms with Crippen molar-refractivity contribution < 1.29 is 14.3 Å². The van der Waals surface area contributed by atoms with E-state index in [9.17, 15) is 9.90 Å². The van der Waals surface area contributed by atoms with Gasteiger partial charge in [0, 0.05) is 37.7 Å². The molecule has 0 radical (unpaired) electrons. The third kappa shape index (κ3) is 3.76. The Morgan fingerprint density at radius 1 is 1.26 bits per heavy atom. The lowest BCUT2D eigenvalue weighted by Crippen LogP contribution is -2.53. The number of furan rings is 1. The van der Waals surface area contributed by atoms with Gasteiger partial charge in [-0.15, -0.1) is 0 Å². The first-order valence-corrected chi connectivity index (χ1v) is 10.2. The van der Waals surface area contributed by atoms with E-state index in [0.717, 1.165) is 48.9 Å². The summed E-state index contributed by atoms with van der Waals surface area (Å²) < 4.78 is 5.47. The molecule has 1 N–H and O–H groups in total. The fourth-order valence-corrected chi connectivity index (χ4v) is 4.97. The summed E-state index contributed by atoms with van der Waals surface area (Å²) in [5.74, 6) is 0.575. The molecule has 5 nitrogen and oxygen atoms in total. The Balaban J connectivity index is 1.47. The lowest BCUT2D eigenvalue weighted by molar-refractivity contribution is -0.133. The molecule has 0 spiro atoms. The molecule has 2 aliphatic rings. The number of fused-ring (bicyclic) bond motifs is 1. The van der Waals surface area contributed by atoms with Crippen LogP contribution in [-0.2, 0) is 11.2 Å². The highest BCUT2D eigenvalue weighted by atomic mass is 16.3. The minimum atomic E-state index is 0.179. The minimum Gasteiger partial charge on any atom is -0.464 e. The van der Waals surface area contributed by atoms with Gasteiger partial charge < -0.3 is 14.4 Å². The van der Waals surface area contributed by atoms with Gasteiger partial charge in [-0.3, -0.25) is 9.69 Å². The molecule has 146 valence electrons. The first-order chi connectivity index (χ1) is 13.2. The van der Waals surface area contributed by atoms with Gasteiger partial charge in [-0.2, -0.15) is 0 Å². The van der Waals surface area contributed by atoms with Crippen LogP contribution in [0.15, 0.2) is 34.9 Å². The normalized spacial score (nSPS) is 26.5. The third-order valence-electron chi connectivity index (χ3n) is 6.56. The largest absolute Gasteiger partial charge is 0.464 e. The Morgan fingerprint density at radius 2 is 2.11 bits per heavy atom. The number of benzene rings is 1. The number of aliphatic hydroxyl groups is 1. The smallest absolute Gasteiger partial charge is 0.227 e. The van der Waals surface area contributed by atoms with Crippen LogP contribution in [0.1, 0.15) is 37.7 Å². The molecule has 5 heteroatoms. The number of rotatable bonds is 5. The van der Waals surface area contributed by atoms with E-state index >= 15 is 0 Å². The third-order valence-corrected chi connectivity index (χ3v) is 6.56. The quantitative estimate of drug-likeness (QED) is 0.879. The van der Waals surface area contributed by atoms with Crippen molar-refractivity contribution in [3.63, 3.8) is 0 Å². The highest BCUT2D eigenvalue weighted by molar-refractivity contribution is 5.87. The molecule has 1 aliphatic carbocycles. The summed E-state index contributed by atoms with van der Waals surface area (Å²) in [7, 11) is 1.97. The number of aliphatic hydroxyl groups excluding tert-OH is 1. The van der Waals surface area contributed by atoms with Crippen molar-refractivity contribution in [2.24, 2.45) is 5.92 Å². The second-order valence-electron chi connectivity index (χ2n) is 8.18. The van der Waals surface area contributed by atoms with Crippen molar-refractivity contribution in [3.8, 4) is 0 Å². The van der Waals surface area contributed by atoms with Gasteiger partial charge >= 0.3 is 0 Å². The summed E-state index contributed by atoms with van der Waals surface area (Å²) in [6, 6.07) is 8.56. The van der Waals surface area contributed by atoms with Gasteiger partial charge in [0.15, 0.2) is 0 Å². The molecule has 1 amide bonds. The van der Waals surface area contributed by atoms with Crippen LogP contribution in [0.5, 0.6) is 0 Å². The van der Waals surface area contributed by atoms with E-state index in [1.54, 1.807) is 6.26 Å². The van der Waals surface area contributed by atoms with Crippen molar-refractivity contribution in [2.45, 2.75) is 50.6 Å². The Hall–Kier alpha value is -1.85. The van der Waals surface area contributed by atoms with Crippen LogP contribution in [0.2, 0.25) is 0 Å². The minimum absolute atomic E-state index is 0.179. The molecular formula is C22H30N2O3. The average Bonchev–Trinajstić information content (AvgIpc) is 3.37. The van der Waals surface area contributed by atoms with E-state index < -0.39 is 0 Å². The van der Waals surface area contributed by atoms with Crippen molar-refractivity contribution in [1.29, 1.82) is 0 Å². The van der Waals surface area contributed by atoms with Gasteiger partial charge in [0.25, 0.3) is 0 Å². The van der Waals surface area contributed by atoms with E-state index in [0.29, 0.717) is 18.4 Å². The number of hydrogen-bond donors (Lipinski definition) is 1. The van der Waals surface area contributed by atoms with Gasteiger partial charge in [0.05, 0.1) is 12.7 Å². The van der Waals surface area contributed by atoms with Crippen LogP contribution in [0, 0.1) is 5.92 Å². The molecule has 2 fully saturated rings. The molecular weight excluding hydrogens is 340 g/mol. The molecule has 27 heavy (non-hydrogen) atoms. The summed E-state index contributed by atoms with van der Waals surface area (Å²) in [5, 5.41) is 10.5. The van der Waals surface area contributed by atoms with Gasteiger partial charge in [-0.25, -0.2) is 0 Å². The second-order valence-corrected chi connectivity index (χ2v) is 8.18. The van der Waals surface area contributed by atoms with Crippen LogP contribution < -0.4 is 0 Å². The van der Waals surface area contributed by atoms with Gasteiger partial charge in [0.1, 0.15) is 5.58 Å². The standard InChI is InChI=1S/C22H30N2O3/c1-23(22(26)13-17-5-4-8-21-18(17)10-12-27-21)19-6-2-3-7-20(19)24-11-9-16(14-24)15-25/h4-5,8,10,12,16,19-20,25H,2-3,6-7,9,11,13-15H2,1H3/t16?,19-,20-/m1/s1. The molecule has 1 aromatic heterocycles. The summed E-state index contributed by atoms with van der Waals surface area (Å²) in [5.41, 5.74) is 1.87. The van der Waals surface area contributed by atoms with Crippen LogP contribution in [0.4, 0.5) is 0 Å². The van der Waals surface area contributed by atoms with Crippen molar-refractivity contribution >= 4 is 16.9 Å². The van der Waals surface area contributed by atoms with Gasteiger partial charge in [-0.1, -0.05) is 25.0 Å².